The van der Waals surface area contributed by atoms with Crippen molar-refractivity contribution in [2.45, 2.75) is 6.92 Å². The van der Waals surface area contributed by atoms with Crippen LogP contribution in [0.25, 0.3) is 38.8 Å². The third-order valence-corrected chi connectivity index (χ3v) is 5.30. The number of aryl methyl sites for hydroxylation is 1. The van der Waals surface area contributed by atoms with Crippen molar-refractivity contribution in [2.24, 2.45) is 0 Å². The van der Waals surface area contributed by atoms with Crippen molar-refractivity contribution in [3.05, 3.63) is 93.9 Å². The number of aromatic nitrogens is 3. The van der Waals surface area contributed by atoms with Gasteiger partial charge in [0, 0.05) is 11.6 Å². The first-order valence-electron chi connectivity index (χ1n) is 9.47. The minimum absolute atomic E-state index is 0.159. The fourth-order valence-electron chi connectivity index (χ4n) is 3.80. The van der Waals surface area contributed by atoms with E-state index in [2.05, 4.69) is 16.2 Å². The topological polar surface area (TPSA) is 74.0 Å². The molecule has 5 nitrogen and oxygen atoms in total. The molecule has 7 heteroatoms. The molecule has 5 aromatic rings. The number of benzene rings is 3. The van der Waals surface area contributed by atoms with Crippen molar-refractivity contribution in [1.29, 1.82) is 5.26 Å². The molecule has 0 amide bonds. The summed E-state index contributed by atoms with van der Waals surface area (Å²) >= 11 is 0. The molecule has 0 aliphatic heterocycles. The molecule has 2 aromatic heterocycles. The zero-order valence-electron chi connectivity index (χ0n) is 16.3. The highest BCUT2D eigenvalue weighted by atomic mass is 19.1. The van der Waals surface area contributed by atoms with Crippen molar-refractivity contribution in [3.8, 4) is 28.3 Å². The number of hydrogen-bond donors (Lipinski definition) is 1. The van der Waals surface area contributed by atoms with Gasteiger partial charge in [0.25, 0.3) is 5.56 Å². The second kappa shape index (κ2) is 6.89. The molecule has 150 valence electrons. The van der Waals surface area contributed by atoms with Gasteiger partial charge in [-0.05, 0) is 54.4 Å². The molecule has 0 saturated heterocycles. The highest BCUT2D eigenvalue weighted by Crippen LogP contribution is 2.31. The average Bonchev–Trinajstić information content (AvgIpc) is 3.10. The molecule has 0 aliphatic carbocycles. The van der Waals surface area contributed by atoms with Crippen molar-refractivity contribution in [2.75, 3.05) is 0 Å². The van der Waals surface area contributed by atoms with Gasteiger partial charge in [0.05, 0.1) is 33.8 Å². The lowest BCUT2D eigenvalue weighted by molar-refractivity contribution is 0.585. The summed E-state index contributed by atoms with van der Waals surface area (Å²) in [6.07, 6.45) is 0. The van der Waals surface area contributed by atoms with E-state index in [0.717, 1.165) is 17.2 Å². The quantitative estimate of drug-likeness (QED) is 0.445. The number of nitrogens with one attached hydrogen (secondary N) is 1. The van der Waals surface area contributed by atoms with E-state index >= 15 is 0 Å². The first-order chi connectivity index (χ1) is 15.0. The minimum atomic E-state index is -0.731. The van der Waals surface area contributed by atoms with Gasteiger partial charge >= 0.3 is 0 Å². The molecule has 5 rings (SSSR count). The maximum Gasteiger partial charge on any atom is 0.282 e. The number of H-pyrrole nitrogens is 1. The Morgan fingerprint density at radius 1 is 1.00 bits per heavy atom. The Balaban J connectivity index is 1.76. The van der Waals surface area contributed by atoms with Crippen LogP contribution < -0.4 is 5.56 Å². The lowest BCUT2D eigenvalue weighted by atomic mass is 10.0. The van der Waals surface area contributed by atoms with Gasteiger partial charge in [-0.15, -0.1) is 0 Å². The smallest absolute Gasteiger partial charge is 0.282 e. The Hall–Kier alpha value is -4.31. The Morgan fingerprint density at radius 2 is 1.74 bits per heavy atom. The lowest BCUT2D eigenvalue weighted by Crippen LogP contribution is -2.15. The average molecular weight is 412 g/mol. The van der Waals surface area contributed by atoms with Crippen LogP contribution in [-0.4, -0.2) is 14.6 Å². The number of halogens is 2. The molecule has 0 spiro atoms. The SMILES string of the molecule is Cc1nn2c(=O)c3ccc(-c4ccc(C#N)cc4)cc3[nH]c2c1-c1ccc(F)cc1F. The van der Waals surface area contributed by atoms with E-state index in [4.69, 9.17) is 5.26 Å². The molecule has 0 saturated carbocycles. The second-order valence-corrected chi connectivity index (χ2v) is 7.22. The normalized spacial score (nSPS) is 11.2. The molecular weight excluding hydrogens is 398 g/mol. The van der Waals surface area contributed by atoms with E-state index in [0.29, 0.717) is 33.4 Å². The number of nitrogens with zero attached hydrogens (tertiary/aromatic N) is 3. The summed E-state index contributed by atoms with van der Waals surface area (Å²) in [4.78, 5) is 16.2. The van der Waals surface area contributed by atoms with E-state index in [-0.39, 0.29) is 11.1 Å². The molecule has 0 aliphatic rings. The summed E-state index contributed by atoms with van der Waals surface area (Å²) in [6.45, 7) is 1.67. The predicted octanol–water partition coefficient (Wildman–Crippen LogP) is 4.97. The van der Waals surface area contributed by atoms with Gasteiger partial charge in [-0.25, -0.2) is 8.78 Å². The maximum absolute atomic E-state index is 14.5. The summed E-state index contributed by atoms with van der Waals surface area (Å²) in [7, 11) is 0. The Bertz CT molecular complexity index is 1590. The summed E-state index contributed by atoms with van der Waals surface area (Å²) in [6, 6.07) is 17.9. The van der Waals surface area contributed by atoms with Crippen LogP contribution in [0.4, 0.5) is 8.78 Å². The zero-order chi connectivity index (χ0) is 21.7. The van der Waals surface area contributed by atoms with E-state index in [1.807, 2.05) is 24.3 Å². The molecule has 0 fully saturated rings. The van der Waals surface area contributed by atoms with E-state index < -0.39 is 11.6 Å². The van der Waals surface area contributed by atoms with Crippen LogP contribution >= 0.6 is 0 Å². The second-order valence-electron chi connectivity index (χ2n) is 7.22. The number of hydrogen-bond acceptors (Lipinski definition) is 3. The third kappa shape index (κ3) is 2.97. The summed E-state index contributed by atoms with van der Waals surface area (Å²) < 4.78 is 29.1. The largest absolute Gasteiger partial charge is 0.339 e. The van der Waals surface area contributed by atoms with Crippen LogP contribution in [0.2, 0.25) is 0 Å². The third-order valence-electron chi connectivity index (χ3n) is 5.30. The fourth-order valence-corrected chi connectivity index (χ4v) is 3.80. The fraction of sp³-hybridized carbons (Fsp3) is 0.0417. The van der Waals surface area contributed by atoms with E-state index in [1.165, 1.54) is 16.6 Å². The van der Waals surface area contributed by atoms with Crippen molar-refractivity contribution in [3.63, 3.8) is 0 Å². The molecule has 0 unspecified atom stereocenters. The maximum atomic E-state index is 14.5. The van der Waals surface area contributed by atoms with Crippen molar-refractivity contribution < 1.29 is 8.78 Å². The van der Waals surface area contributed by atoms with Gasteiger partial charge in [-0.2, -0.15) is 14.9 Å². The molecule has 0 bridgehead atoms. The molecule has 0 atom stereocenters. The standard InChI is InChI=1S/C24H14F2N4O/c1-13-22(18-9-7-17(25)11-20(18)26)23-28-21-10-16(15-4-2-14(12-27)3-5-15)6-8-19(21)24(31)30(23)29-13/h2-11,28H,1H3. The number of nitriles is 1. The molecule has 2 heterocycles. The first kappa shape index (κ1) is 18.7. The lowest BCUT2D eigenvalue weighted by Gasteiger charge is -2.07. The van der Waals surface area contributed by atoms with Gasteiger partial charge in [-0.3, -0.25) is 4.79 Å². The van der Waals surface area contributed by atoms with Crippen LogP contribution in [0.5, 0.6) is 0 Å². The molecule has 0 radical (unpaired) electrons. The summed E-state index contributed by atoms with van der Waals surface area (Å²) in [5, 5.41) is 13.7. The number of rotatable bonds is 2. The highest BCUT2D eigenvalue weighted by molar-refractivity contribution is 5.88. The van der Waals surface area contributed by atoms with Crippen molar-refractivity contribution >= 4 is 16.6 Å². The van der Waals surface area contributed by atoms with Crippen LogP contribution in [0.1, 0.15) is 11.3 Å². The van der Waals surface area contributed by atoms with Crippen molar-refractivity contribution in [1.82, 2.24) is 14.6 Å². The van der Waals surface area contributed by atoms with Gasteiger partial charge in [0.15, 0.2) is 0 Å². The van der Waals surface area contributed by atoms with Gasteiger partial charge < -0.3 is 4.98 Å². The molecule has 1 N–H and O–H groups in total. The molecule has 3 aromatic carbocycles. The van der Waals surface area contributed by atoms with Gasteiger partial charge in [0.2, 0.25) is 0 Å². The number of aromatic amines is 1. The summed E-state index contributed by atoms with van der Waals surface area (Å²) in [5.74, 6) is -1.41. The first-order valence-corrected chi connectivity index (χ1v) is 9.47. The van der Waals surface area contributed by atoms with Crippen LogP contribution in [0.15, 0.2) is 65.5 Å². The molecule has 31 heavy (non-hydrogen) atoms. The molecular formula is C24H14F2N4O. The van der Waals surface area contributed by atoms with E-state index in [1.54, 1.807) is 25.1 Å². The monoisotopic (exact) mass is 412 g/mol. The van der Waals surface area contributed by atoms with E-state index in [9.17, 15) is 13.6 Å². The Labute approximate surface area is 174 Å². The Morgan fingerprint density at radius 3 is 2.45 bits per heavy atom. The summed E-state index contributed by atoms with van der Waals surface area (Å²) in [5.41, 5.74) is 3.85. The van der Waals surface area contributed by atoms with Crippen LogP contribution in [0, 0.1) is 29.9 Å². The minimum Gasteiger partial charge on any atom is -0.339 e. The number of fused-ring (bicyclic) bond motifs is 2. The van der Waals surface area contributed by atoms with Gasteiger partial charge in [0.1, 0.15) is 17.3 Å². The Kier molecular flexibility index (Phi) is 4.15. The van der Waals surface area contributed by atoms with Gasteiger partial charge in [-0.1, -0.05) is 18.2 Å². The van der Waals surface area contributed by atoms with Crippen LogP contribution in [0.3, 0.4) is 0 Å². The predicted molar refractivity (Wildman–Crippen MR) is 114 cm³/mol. The highest BCUT2D eigenvalue weighted by Gasteiger charge is 2.19. The zero-order valence-corrected chi connectivity index (χ0v) is 16.3. The van der Waals surface area contributed by atoms with Crippen LogP contribution in [-0.2, 0) is 0 Å².